The van der Waals surface area contributed by atoms with Gasteiger partial charge in [0.05, 0.1) is 4.47 Å². The van der Waals surface area contributed by atoms with Crippen LogP contribution in [0, 0.1) is 5.82 Å². The molecule has 1 aliphatic rings. The van der Waals surface area contributed by atoms with Crippen LogP contribution in [0.3, 0.4) is 0 Å². The van der Waals surface area contributed by atoms with Crippen LogP contribution < -0.4 is 5.32 Å². The van der Waals surface area contributed by atoms with Crippen LogP contribution in [-0.2, 0) is 0 Å². The molecule has 1 saturated heterocycles. The maximum absolute atomic E-state index is 14.2. The van der Waals surface area contributed by atoms with E-state index in [-0.39, 0.29) is 17.6 Å². The lowest BCUT2D eigenvalue weighted by Gasteiger charge is -2.36. The van der Waals surface area contributed by atoms with Gasteiger partial charge < -0.3 is 10.4 Å². The van der Waals surface area contributed by atoms with E-state index in [9.17, 15) is 9.50 Å². The van der Waals surface area contributed by atoms with Crippen molar-refractivity contribution in [3.8, 4) is 5.75 Å². The number of rotatable bonds is 4. The Morgan fingerprint density at radius 3 is 2.75 bits per heavy atom. The van der Waals surface area contributed by atoms with Crippen molar-refractivity contribution < 1.29 is 9.50 Å². The third-order valence-corrected chi connectivity index (χ3v) is 4.22. The zero-order chi connectivity index (χ0) is 14.7. The summed E-state index contributed by atoms with van der Waals surface area (Å²) in [5, 5.41) is 13.5. The maximum Gasteiger partial charge on any atom is 0.137 e. The topological polar surface area (TPSA) is 35.5 Å². The fraction of sp³-hybridized carbons (Fsp3) is 0.467. The molecule has 2 N–H and O–H groups in total. The molecule has 0 radical (unpaired) electrons. The zero-order valence-corrected chi connectivity index (χ0v) is 13.2. The Morgan fingerprint density at radius 1 is 1.50 bits per heavy atom. The van der Waals surface area contributed by atoms with Crippen LogP contribution >= 0.6 is 15.9 Å². The summed E-state index contributed by atoms with van der Waals surface area (Å²) in [5.74, 6) is -0.370. The van der Waals surface area contributed by atoms with Gasteiger partial charge in [-0.25, -0.2) is 4.39 Å². The van der Waals surface area contributed by atoms with Gasteiger partial charge >= 0.3 is 0 Å². The van der Waals surface area contributed by atoms with Gasteiger partial charge in [0.1, 0.15) is 11.6 Å². The van der Waals surface area contributed by atoms with Crippen LogP contribution in [0.1, 0.15) is 24.9 Å². The Morgan fingerprint density at radius 2 is 2.15 bits per heavy atom. The molecule has 0 aromatic heterocycles. The highest BCUT2D eigenvalue weighted by atomic mass is 79.9. The van der Waals surface area contributed by atoms with E-state index in [4.69, 9.17) is 0 Å². The molecule has 3 nitrogen and oxygen atoms in total. The molecule has 110 valence electrons. The molecule has 1 aromatic rings. The van der Waals surface area contributed by atoms with Crippen LogP contribution in [0.25, 0.3) is 0 Å². The lowest BCUT2D eigenvalue weighted by Crippen LogP contribution is -2.45. The molecule has 0 aliphatic carbocycles. The second kappa shape index (κ2) is 6.70. The lowest BCUT2D eigenvalue weighted by molar-refractivity contribution is 0.166. The number of nitrogens with one attached hydrogen (secondary N) is 1. The number of phenolic OH excluding ortho intramolecular Hbond substituents is 1. The van der Waals surface area contributed by atoms with Gasteiger partial charge in [-0.3, -0.25) is 4.90 Å². The number of phenols is 1. The fourth-order valence-electron chi connectivity index (χ4n) is 2.61. The molecule has 1 aliphatic heterocycles. The summed E-state index contributed by atoms with van der Waals surface area (Å²) < 4.78 is 14.8. The Hall–Kier alpha value is -0.910. The van der Waals surface area contributed by atoms with Gasteiger partial charge in [-0.05, 0) is 41.4 Å². The van der Waals surface area contributed by atoms with Crippen LogP contribution in [0.5, 0.6) is 5.75 Å². The van der Waals surface area contributed by atoms with Crippen LogP contribution in [0.15, 0.2) is 28.8 Å². The largest absolute Gasteiger partial charge is 0.506 e. The zero-order valence-electron chi connectivity index (χ0n) is 11.6. The highest BCUT2D eigenvalue weighted by molar-refractivity contribution is 9.10. The monoisotopic (exact) mass is 342 g/mol. The Kier molecular flexibility index (Phi) is 5.18. The Balaban J connectivity index is 2.40. The third-order valence-electron chi connectivity index (χ3n) is 3.58. The van der Waals surface area contributed by atoms with Crippen molar-refractivity contribution in [3.05, 3.63) is 40.1 Å². The third kappa shape index (κ3) is 3.40. The van der Waals surface area contributed by atoms with Gasteiger partial charge in [0.2, 0.25) is 0 Å². The molecule has 20 heavy (non-hydrogen) atoms. The van der Waals surface area contributed by atoms with E-state index in [0.717, 1.165) is 31.8 Å². The van der Waals surface area contributed by atoms with Crippen molar-refractivity contribution in [2.24, 2.45) is 0 Å². The van der Waals surface area contributed by atoms with Gasteiger partial charge in [-0.1, -0.05) is 5.57 Å². The van der Waals surface area contributed by atoms with Gasteiger partial charge in [0.25, 0.3) is 0 Å². The molecule has 0 unspecified atom stereocenters. The molecular formula is C15H20BrFN2O. The Labute approximate surface area is 127 Å². The highest BCUT2D eigenvalue weighted by Crippen LogP contribution is 2.39. The molecule has 0 amide bonds. The van der Waals surface area contributed by atoms with Crippen LogP contribution in [-0.4, -0.2) is 36.2 Å². The molecule has 1 aromatic carbocycles. The van der Waals surface area contributed by atoms with Gasteiger partial charge in [0, 0.05) is 37.8 Å². The van der Waals surface area contributed by atoms with Crippen molar-refractivity contribution in [1.29, 1.82) is 0 Å². The van der Waals surface area contributed by atoms with Crippen molar-refractivity contribution in [2.75, 3.05) is 26.2 Å². The van der Waals surface area contributed by atoms with Gasteiger partial charge in [-0.15, -0.1) is 6.58 Å². The van der Waals surface area contributed by atoms with Crippen LogP contribution in [0.4, 0.5) is 4.39 Å². The van der Waals surface area contributed by atoms with Gasteiger partial charge in [0.15, 0.2) is 0 Å². The molecule has 1 atom stereocenters. The van der Waals surface area contributed by atoms with E-state index >= 15 is 0 Å². The molecule has 0 bridgehead atoms. The van der Waals surface area contributed by atoms with E-state index in [1.54, 1.807) is 0 Å². The van der Waals surface area contributed by atoms with E-state index in [1.165, 1.54) is 12.1 Å². The number of hydrogen-bond donors (Lipinski definition) is 2. The summed E-state index contributed by atoms with van der Waals surface area (Å²) in [6.07, 6.45) is 0.640. The van der Waals surface area contributed by atoms with Crippen molar-refractivity contribution in [2.45, 2.75) is 19.4 Å². The number of halogens is 2. The van der Waals surface area contributed by atoms with E-state index in [1.807, 2.05) is 6.92 Å². The van der Waals surface area contributed by atoms with E-state index in [2.05, 4.69) is 32.7 Å². The molecule has 0 saturated carbocycles. The SMILES string of the molecule is C=C(C)C[C@@H](c1c(F)ccc(Br)c1O)N1CCNCC1. The molecular weight excluding hydrogens is 323 g/mol. The fourth-order valence-corrected chi connectivity index (χ4v) is 2.96. The maximum atomic E-state index is 14.2. The minimum Gasteiger partial charge on any atom is -0.506 e. The van der Waals surface area contributed by atoms with E-state index < -0.39 is 0 Å². The lowest BCUT2D eigenvalue weighted by atomic mass is 9.96. The van der Waals surface area contributed by atoms with Crippen LogP contribution in [0.2, 0.25) is 0 Å². The van der Waals surface area contributed by atoms with Crippen molar-refractivity contribution in [3.63, 3.8) is 0 Å². The van der Waals surface area contributed by atoms with Gasteiger partial charge in [-0.2, -0.15) is 0 Å². The molecule has 1 heterocycles. The highest BCUT2D eigenvalue weighted by Gasteiger charge is 2.28. The molecule has 2 rings (SSSR count). The number of hydrogen-bond acceptors (Lipinski definition) is 3. The minimum absolute atomic E-state index is 0.00483. The number of aromatic hydroxyl groups is 1. The Bertz CT molecular complexity index is 501. The van der Waals surface area contributed by atoms with E-state index in [0.29, 0.717) is 16.5 Å². The summed E-state index contributed by atoms with van der Waals surface area (Å²) in [7, 11) is 0. The average molecular weight is 343 g/mol. The number of nitrogens with zero attached hydrogens (tertiary/aromatic N) is 1. The first-order valence-corrected chi connectivity index (χ1v) is 7.56. The summed E-state index contributed by atoms with van der Waals surface area (Å²) in [6.45, 7) is 9.30. The smallest absolute Gasteiger partial charge is 0.137 e. The molecule has 5 heteroatoms. The minimum atomic E-state index is -0.365. The standard InChI is InChI=1S/C15H20BrFN2O/c1-10(2)9-13(19-7-5-18-6-8-19)14-12(17)4-3-11(16)15(14)20/h3-4,13,18,20H,1,5-9H2,2H3/t13-/m0/s1. The predicted molar refractivity (Wildman–Crippen MR) is 82.4 cm³/mol. The normalized spacial score (nSPS) is 17.9. The predicted octanol–water partition coefficient (Wildman–Crippen LogP) is 3.21. The first kappa shape index (κ1) is 15.5. The number of piperazine rings is 1. The second-order valence-electron chi connectivity index (χ2n) is 5.25. The summed E-state index contributed by atoms with van der Waals surface area (Å²) in [5.41, 5.74) is 1.34. The van der Waals surface area contributed by atoms with Crippen molar-refractivity contribution >= 4 is 15.9 Å². The quantitative estimate of drug-likeness (QED) is 0.824. The summed E-state index contributed by atoms with van der Waals surface area (Å²) >= 11 is 3.27. The summed E-state index contributed by atoms with van der Waals surface area (Å²) in [4.78, 5) is 2.20. The molecule has 1 fully saturated rings. The van der Waals surface area contributed by atoms with Crippen molar-refractivity contribution in [1.82, 2.24) is 10.2 Å². The first-order valence-electron chi connectivity index (χ1n) is 6.76. The second-order valence-corrected chi connectivity index (χ2v) is 6.11. The molecule has 0 spiro atoms. The average Bonchev–Trinajstić information content (AvgIpc) is 2.43. The first-order chi connectivity index (χ1) is 9.50. The number of benzene rings is 1. The summed E-state index contributed by atoms with van der Waals surface area (Å²) in [6, 6.07) is 2.75.